The van der Waals surface area contributed by atoms with E-state index in [0.717, 1.165) is 6.42 Å². The topological polar surface area (TPSA) is 15.8 Å². The predicted octanol–water partition coefficient (Wildman–Crippen LogP) is 2.44. The Labute approximate surface area is 60.1 Å². The zero-order valence-corrected chi connectivity index (χ0v) is 5.67. The summed E-state index contributed by atoms with van der Waals surface area (Å²) in [5.74, 6) is 0. The van der Waals surface area contributed by atoms with Gasteiger partial charge in [0.2, 0.25) is 0 Å². The quantitative estimate of drug-likeness (QED) is 0.556. The minimum Gasteiger partial charge on any atom is -0.366 e. The highest BCUT2D eigenvalue weighted by molar-refractivity contribution is 5.66. The molecule has 2 rings (SSSR count). The molecule has 0 spiro atoms. The first kappa shape index (κ1) is 5.54. The molecule has 0 saturated heterocycles. The Morgan fingerprint density at radius 1 is 1.00 bits per heavy atom. The maximum atomic E-state index is 3.07. The van der Waals surface area contributed by atoms with Crippen molar-refractivity contribution in [3.63, 3.8) is 0 Å². The van der Waals surface area contributed by atoms with Crippen LogP contribution in [0.5, 0.6) is 0 Å². The Morgan fingerprint density at radius 2 is 1.60 bits per heavy atom. The third-order valence-corrected chi connectivity index (χ3v) is 1.68. The number of rotatable bonds is 0. The fourth-order valence-corrected chi connectivity index (χ4v) is 1.15. The van der Waals surface area contributed by atoms with Gasteiger partial charge < -0.3 is 4.98 Å². The minimum atomic E-state index is 1.05. The first-order chi connectivity index (χ1) is 4.97. The summed E-state index contributed by atoms with van der Waals surface area (Å²) in [6.07, 6.45) is 13.7. The van der Waals surface area contributed by atoms with Gasteiger partial charge >= 0.3 is 0 Å². The van der Waals surface area contributed by atoms with E-state index < -0.39 is 0 Å². The molecule has 1 N–H and O–H groups in total. The minimum absolute atomic E-state index is 1.05. The second-order valence-corrected chi connectivity index (χ2v) is 2.41. The SMILES string of the molecule is C1=Cc2c[nH]cc2C=CC1. The second kappa shape index (κ2) is 2.18. The number of H-pyrrole nitrogens is 1. The lowest BCUT2D eigenvalue weighted by molar-refractivity contribution is 1.39. The van der Waals surface area contributed by atoms with Gasteiger partial charge in [0.05, 0.1) is 0 Å². The summed E-state index contributed by atoms with van der Waals surface area (Å²) < 4.78 is 0. The van der Waals surface area contributed by atoms with Gasteiger partial charge in [0.25, 0.3) is 0 Å². The van der Waals surface area contributed by atoms with Gasteiger partial charge in [0.1, 0.15) is 0 Å². The Balaban J connectivity index is 2.56. The molecule has 1 aliphatic carbocycles. The summed E-state index contributed by atoms with van der Waals surface area (Å²) in [6.45, 7) is 0. The van der Waals surface area contributed by atoms with Crippen LogP contribution in [0, 0.1) is 0 Å². The van der Waals surface area contributed by atoms with E-state index in [1.165, 1.54) is 11.1 Å². The molecule has 0 aromatic carbocycles. The molecule has 1 aliphatic rings. The molecule has 0 aliphatic heterocycles. The van der Waals surface area contributed by atoms with Gasteiger partial charge in [0.15, 0.2) is 0 Å². The number of aromatic amines is 1. The summed E-state index contributed by atoms with van der Waals surface area (Å²) in [7, 11) is 0. The zero-order valence-electron chi connectivity index (χ0n) is 5.67. The molecule has 10 heavy (non-hydrogen) atoms. The third-order valence-electron chi connectivity index (χ3n) is 1.68. The van der Waals surface area contributed by atoms with E-state index >= 15 is 0 Å². The lowest BCUT2D eigenvalue weighted by Gasteiger charge is -1.84. The molecule has 1 heteroatoms. The van der Waals surface area contributed by atoms with Crippen LogP contribution in [-0.2, 0) is 0 Å². The highest BCUT2D eigenvalue weighted by Crippen LogP contribution is 2.15. The van der Waals surface area contributed by atoms with Crippen LogP contribution in [-0.4, -0.2) is 4.98 Å². The van der Waals surface area contributed by atoms with Crippen LogP contribution in [0.25, 0.3) is 12.2 Å². The van der Waals surface area contributed by atoms with Gasteiger partial charge in [-0.15, -0.1) is 0 Å². The molecule has 0 saturated carbocycles. The van der Waals surface area contributed by atoms with Crippen LogP contribution in [0.1, 0.15) is 17.5 Å². The number of fused-ring (bicyclic) bond motifs is 1. The molecule has 1 aromatic rings. The molecule has 0 atom stereocenters. The van der Waals surface area contributed by atoms with Gasteiger partial charge in [0, 0.05) is 12.4 Å². The second-order valence-electron chi connectivity index (χ2n) is 2.41. The van der Waals surface area contributed by atoms with Crippen LogP contribution in [0.15, 0.2) is 24.5 Å². The van der Waals surface area contributed by atoms with Gasteiger partial charge in [-0.3, -0.25) is 0 Å². The zero-order chi connectivity index (χ0) is 6.81. The van der Waals surface area contributed by atoms with Crippen LogP contribution in [0.2, 0.25) is 0 Å². The monoisotopic (exact) mass is 131 g/mol. The standard InChI is InChI=1S/C9H9N/c1-2-4-8-6-10-7-9(8)5-3-1/h2-7,10H,1H2. The number of hydrogen-bond acceptors (Lipinski definition) is 0. The molecular weight excluding hydrogens is 122 g/mol. The van der Waals surface area contributed by atoms with Crippen LogP contribution < -0.4 is 0 Å². The number of nitrogens with one attached hydrogen (secondary N) is 1. The Kier molecular flexibility index (Phi) is 1.21. The van der Waals surface area contributed by atoms with Gasteiger partial charge in [-0.05, 0) is 17.5 Å². The van der Waals surface area contributed by atoms with Crippen molar-refractivity contribution in [3.05, 3.63) is 35.7 Å². The van der Waals surface area contributed by atoms with Gasteiger partial charge in [-0.1, -0.05) is 24.3 Å². The third kappa shape index (κ3) is 0.798. The number of hydrogen-bond donors (Lipinski definition) is 1. The fraction of sp³-hybridized carbons (Fsp3) is 0.111. The largest absolute Gasteiger partial charge is 0.366 e. The lowest BCUT2D eigenvalue weighted by atomic mass is 10.2. The van der Waals surface area contributed by atoms with Crippen molar-refractivity contribution < 1.29 is 0 Å². The summed E-state index contributed by atoms with van der Waals surface area (Å²) in [4.78, 5) is 3.07. The van der Waals surface area contributed by atoms with Crippen LogP contribution in [0.3, 0.4) is 0 Å². The van der Waals surface area contributed by atoms with Crippen molar-refractivity contribution in [2.75, 3.05) is 0 Å². The fourth-order valence-electron chi connectivity index (χ4n) is 1.15. The average molecular weight is 131 g/mol. The highest BCUT2D eigenvalue weighted by atomic mass is 14.6. The number of aromatic nitrogens is 1. The van der Waals surface area contributed by atoms with E-state index in [1.807, 2.05) is 12.4 Å². The molecule has 0 bridgehead atoms. The molecule has 0 unspecified atom stereocenters. The lowest BCUT2D eigenvalue weighted by Crippen LogP contribution is -1.66. The Hall–Kier alpha value is -1.24. The summed E-state index contributed by atoms with van der Waals surface area (Å²) in [5, 5.41) is 0. The maximum absolute atomic E-state index is 3.07. The molecule has 1 nitrogen and oxygen atoms in total. The Bertz CT molecular complexity index is 252. The van der Waals surface area contributed by atoms with Crippen molar-refractivity contribution in [2.45, 2.75) is 6.42 Å². The normalized spacial score (nSPS) is 14.8. The van der Waals surface area contributed by atoms with Gasteiger partial charge in [-0.2, -0.15) is 0 Å². The van der Waals surface area contributed by atoms with E-state index in [-0.39, 0.29) is 0 Å². The summed E-state index contributed by atoms with van der Waals surface area (Å²) in [6, 6.07) is 0. The van der Waals surface area contributed by atoms with Crippen LogP contribution >= 0.6 is 0 Å². The predicted molar refractivity (Wildman–Crippen MR) is 43.5 cm³/mol. The first-order valence-corrected chi connectivity index (χ1v) is 3.47. The van der Waals surface area contributed by atoms with Crippen LogP contribution in [0.4, 0.5) is 0 Å². The van der Waals surface area contributed by atoms with E-state index in [1.54, 1.807) is 0 Å². The molecule has 0 fully saturated rings. The maximum Gasteiger partial charge on any atom is 0.00842 e. The van der Waals surface area contributed by atoms with E-state index in [9.17, 15) is 0 Å². The summed E-state index contributed by atoms with van der Waals surface area (Å²) in [5.41, 5.74) is 2.57. The molecule has 1 aromatic heterocycles. The molecule has 0 radical (unpaired) electrons. The summed E-state index contributed by atoms with van der Waals surface area (Å²) >= 11 is 0. The molecule has 1 heterocycles. The molecular formula is C9H9N. The van der Waals surface area contributed by atoms with Crippen molar-refractivity contribution in [1.29, 1.82) is 0 Å². The Morgan fingerprint density at radius 3 is 2.20 bits per heavy atom. The van der Waals surface area contributed by atoms with E-state index in [0.29, 0.717) is 0 Å². The molecule has 0 amide bonds. The van der Waals surface area contributed by atoms with E-state index in [4.69, 9.17) is 0 Å². The molecule has 50 valence electrons. The smallest absolute Gasteiger partial charge is 0.00842 e. The first-order valence-electron chi connectivity index (χ1n) is 3.47. The van der Waals surface area contributed by atoms with Crippen molar-refractivity contribution in [2.24, 2.45) is 0 Å². The average Bonchev–Trinajstić information content (AvgIpc) is 2.28. The van der Waals surface area contributed by atoms with E-state index in [2.05, 4.69) is 29.3 Å². The number of allylic oxidation sites excluding steroid dienone is 2. The van der Waals surface area contributed by atoms with Crippen molar-refractivity contribution >= 4 is 12.2 Å². The highest BCUT2D eigenvalue weighted by Gasteiger charge is 1.96. The van der Waals surface area contributed by atoms with Crippen molar-refractivity contribution in [3.8, 4) is 0 Å². The van der Waals surface area contributed by atoms with Gasteiger partial charge in [-0.25, -0.2) is 0 Å². The van der Waals surface area contributed by atoms with Crippen molar-refractivity contribution in [1.82, 2.24) is 4.98 Å².